The van der Waals surface area contributed by atoms with Gasteiger partial charge < -0.3 is 10.5 Å². The van der Waals surface area contributed by atoms with E-state index in [-0.39, 0.29) is 11.9 Å². The second kappa shape index (κ2) is 5.75. The van der Waals surface area contributed by atoms with Gasteiger partial charge in [-0.1, -0.05) is 18.2 Å². The molecule has 0 saturated carbocycles. The van der Waals surface area contributed by atoms with E-state index in [1.807, 2.05) is 0 Å². The molecule has 5 heteroatoms. The van der Waals surface area contributed by atoms with Crippen molar-refractivity contribution >= 4 is 0 Å². The van der Waals surface area contributed by atoms with Gasteiger partial charge in [0.05, 0.1) is 18.8 Å². The average Bonchev–Trinajstić information content (AvgIpc) is 2.41. The van der Waals surface area contributed by atoms with Crippen molar-refractivity contribution < 1.29 is 9.13 Å². The minimum absolute atomic E-state index is 0.248. The van der Waals surface area contributed by atoms with Crippen molar-refractivity contribution in [1.29, 1.82) is 0 Å². The average molecular weight is 261 g/mol. The van der Waals surface area contributed by atoms with Gasteiger partial charge in [0.15, 0.2) is 0 Å². The second-order valence-corrected chi connectivity index (χ2v) is 4.32. The molecule has 2 aromatic rings. The summed E-state index contributed by atoms with van der Waals surface area (Å²) in [5, 5.41) is 0. The molecule has 100 valence electrons. The van der Waals surface area contributed by atoms with Crippen LogP contribution in [0.3, 0.4) is 0 Å². The van der Waals surface area contributed by atoms with Gasteiger partial charge in [-0.3, -0.25) is 0 Å². The summed E-state index contributed by atoms with van der Waals surface area (Å²) in [6.45, 7) is 1.79. The molecule has 4 nitrogen and oxygen atoms in total. The first-order chi connectivity index (χ1) is 9.10. The molecular weight excluding hydrogens is 245 g/mol. The number of halogens is 1. The summed E-state index contributed by atoms with van der Waals surface area (Å²) in [5.74, 6) is 0.682. The maximum absolute atomic E-state index is 13.6. The number of benzene rings is 1. The zero-order valence-electron chi connectivity index (χ0n) is 10.9. The van der Waals surface area contributed by atoms with E-state index >= 15 is 0 Å². The Balaban J connectivity index is 2.34. The van der Waals surface area contributed by atoms with Crippen molar-refractivity contribution in [3.05, 3.63) is 53.2 Å². The van der Waals surface area contributed by atoms with Gasteiger partial charge in [-0.25, -0.2) is 9.37 Å². The van der Waals surface area contributed by atoms with Crippen molar-refractivity contribution in [1.82, 2.24) is 9.97 Å². The van der Waals surface area contributed by atoms with E-state index in [1.165, 1.54) is 13.2 Å². The van der Waals surface area contributed by atoms with Crippen molar-refractivity contribution in [3.8, 4) is 5.88 Å². The van der Waals surface area contributed by atoms with Crippen LogP contribution in [-0.4, -0.2) is 17.1 Å². The Labute approximate surface area is 111 Å². The molecule has 0 amide bonds. The molecule has 0 aliphatic rings. The lowest BCUT2D eigenvalue weighted by atomic mass is 10.1. The number of hydrogen-bond acceptors (Lipinski definition) is 4. The maximum atomic E-state index is 13.6. The Morgan fingerprint density at radius 3 is 2.68 bits per heavy atom. The van der Waals surface area contributed by atoms with Gasteiger partial charge in [-0.2, -0.15) is 4.98 Å². The van der Waals surface area contributed by atoms with E-state index in [9.17, 15) is 4.39 Å². The molecule has 0 bridgehead atoms. The van der Waals surface area contributed by atoms with Gasteiger partial charge in [0.2, 0.25) is 5.88 Å². The molecule has 2 N–H and O–H groups in total. The number of nitrogens with two attached hydrogens (primary N) is 1. The largest absolute Gasteiger partial charge is 0.481 e. The molecule has 1 atom stereocenters. The Morgan fingerprint density at radius 2 is 2.05 bits per heavy atom. The van der Waals surface area contributed by atoms with Gasteiger partial charge in [0.25, 0.3) is 0 Å². The summed E-state index contributed by atoms with van der Waals surface area (Å²) in [4.78, 5) is 8.50. The highest BCUT2D eigenvalue weighted by Gasteiger charge is 2.10. The molecule has 0 aliphatic carbocycles. The molecule has 0 saturated heterocycles. The predicted octanol–water partition coefficient (Wildman–Crippen LogP) is 2.23. The van der Waals surface area contributed by atoms with Crippen LogP contribution in [-0.2, 0) is 6.42 Å². The molecule has 0 spiro atoms. The van der Waals surface area contributed by atoms with E-state index in [0.717, 1.165) is 0 Å². The predicted molar refractivity (Wildman–Crippen MR) is 70.4 cm³/mol. The Morgan fingerprint density at radius 1 is 1.32 bits per heavy atom. The first-order valence-corrected chi connectivity index (χ1v) is 6.01. The summed E-state index contributed by atoms with van der Waals surface area (Å²) in [6, 6.07) is 8.01. The first-order valence-electron chi connectivity index (χ1n) is 6.01. The summed E-state index contributed by atoms with van der Waals surface area (Å²) in [5.41, 5.74) is 7.04. The molecular formula is C14H16FN3O. The van der Waals surface area contributed by atoms with Gasteiger partial charge in [-0.15, -0.1) is 0 Å². The van der Waals surface area contributed by atoms with E-state index in [0.29, 0.717) is 29.4 Å². The van der Waals surface area contributed by atoms with Crippen LogP contribution < -0.4 is 10.5 Å². The van der Waals surface area contributed by atoms with Crippen LogP contribution >= 0.6 is 0 Å². The molecule has 19 heavy (non-hydrogen) atoms. The Kier molecular flexibility index (Phi) is 4.06. The van der Waals surface area contributed by atoms with Crippen LogP contribution in [0.1, 0.15) is 30.0 Å². The van der Waals surface area contributed by atoms with Crippen LogP contribution in [0.4, 0.5) is 4.39 Å². The smallest absolute Gasteiger partial charge is 0.216 e. The van der Waals surface area contributed by atoms with Crippen LogP contribution in [0.5, 0.6) is 5.88 Å². The van der Waals surface area contributed by atoms with Gasteiger partial charge in [0.1, 0.15) is 11.6 Å². The van der Waals surface area contributed by atoms with Crippen LogP contribution in [0, 0.1) is 5.82 Å². The van der Waals surface area contributed by atoms with Crippen molar-refractivity contribution in [3.63, 3.8) is 0 Å². The number of hydrogen-bond donors (Lipinski definition) is 1. The summed E-state index contributed by atoms with van der Waals surface area (Å²) in [7, 11) is 1.53. The third-order valence-electron chi connectivity index (χ3n) is 2.72. The number of aromatic nitrogens is 2. The first kappa shape index (κ1) is 13.4. The van der Waals surface area contributed by atoms with Crippen LogP contribution in [0.2, 0.25) is 0 Å². The number of methoxy groups -OCH3 is 1. The molecule has 0 fully saturated rings. The quantitative estimate of drug-likeness (QED) is 0.916. The molecule has 1 aromatic carbocycles. The zero-order chi connectivity index (χ0) is 13.8. The van der Waals surface area contributed by atoms with Gasteiger partial charge in [0, 0.05) is 12.5 Å². The lowest BCUT2D eigenvalue weighted by Crippen LogP contribution is -2.12. The zero-order valence-corrected chi connectivity index (χ0v) is 10.9. The fourth-order valence-corrected chi connectivity index (χ4v) is 1.73. The highest BCUT2D eigenvalue weighted by molar-refractivity contribution is 5.26. The van der Waals surface area contributed by atoms with Gasteiger partial charge >= 0.3 is 0 Å². The standard InChI is InChI=1S/C14H16FN3O/c1-9(16)14-17-11(8-13(18-14)19-2)7-10-5-3-4-6-12(10)15/h3-6,8-9H,7,16H2,1-2H3. The summed E-state index contributed by atoms with van der Waals surface area (Å²) < 4.78 is 18.7. The minimum Gasteiger partial charge on any atom is -0.481 e. The van der Waals surface area contributed by atoms with Crippen molar-refractivity contribution in [2.75, 3.05) is 7.11 Å². The second-order valence-electron chi connectivity index (χ2n) is 4.32. The highest BCUT2D eigenvalue weighted by Crippen LogP contribution is 2.17. The number of rotatable bonds is 4. The van der Waals surface area contributed by atoms with E-state index in [4.69, 9.17) is 10.5 Å². The van der Waals surface area contributed by atoms with Crippen molar-refractivity contribution in [2.45, 2.75) is 19.4 Å². The molecule has 1 heterocycles. The third-order valence-corrected chi connectivity index (χ3v) is 2.72. The van der Waals surface area contributed by atoms with Crippen molar-refractivity contribution in [2.24, 2.45) is 5.73 Å². The Bertz CT molecular complexity index is 572. The monoisotopic (exact) mass is 261 g/mol. The van der Waals surface area contributed by atoms with Crippen LogP contribution in [0.15, 0.2) is 30.3 Å². The number of nitrogens with zero attached hydrogens (tertiary/aromatic N) is 2. The lowest BCUT2D eigenvalue weighted by molar-refractivity contribution is 0.392. The fraction of sp³-hybridized carbons (Fsp3) is 0.286. The summed E-state index contributed by atoms with van der Waals surface area (Å²) in [6.07, 6.45) is 0.380. The SMILES string of the molecule is COc1cc(Cc2ccccc2F)nc(C(C)N)n1. The topological polar surface area (TPSA) is 61.0 Å². The molecule has 1 unspecified atom stereocenters. The van der Waals surface area contributed by atoms with E-state index < -0.39 is 0 Å². The summed E-state index contributed by atoms with van der Waals surface area (Å²) >= 11 is 0. The maximum Gasteiger partial charge on any atom is 0.216 e. The van der Waals surface area contributed by atoms with E-state index in [2.05, 4.69) is 9.97 Å². The van der Waals surface area contributed by atoms with Gasteiger partial charge in [-0.05, 0) is 18.6 Å². The minimum atomic E-state index is -0.297. The Hall–Kier alpha value is -2.01. The third kappa shape index (κ3) is 3.26. The molecule has 1 aromatic heterocycles. The highest BCUT2D eigenvalue weighted by atomic mass is 19.1. The van der Waals surface area contributed by atoms with Crippen LogP contribution in [0.25, 0.3) is 0 Å². The molecule has 0 aliphatic heterocycles. The lowest BCUT2D eigenvalue weighted by Gasteiger charge is -2.09. The molecule has 0 radical (unpaired) electrons. The normalized spacial score (nSPS) is 12.2. The molecule has 2 rings (SSSR count). The van der Waals surface area contributed by atoms with E-state index in [1.54, 1.807) is 31.2 Å². The fourth-order valence-electron chi connectivity index (χ4n) is 1.73. The number of ether oxygens (including phenoxy) is 1.